The van der Waals surface area contributed by atoms with Gasteiger partial charge in [-0.15, -0.1) is 0 Å². The van der Waals surface area contributed by atoms with E-state index < -0.39 is 15.9 Å². The Balaban J connectivity index is 1.91. The van der Waals surface area contributed by atoms with Gasteiger partial charge in [0.05, 0.1) is 5.75 Å². The summed E-state index contributed by atoms with van der Waals surface area (Å²) in [5, 5.41) is 8.89. The van der Waals surface area contributed by atoms with Crippen LogP contribution in [0.4, 0.5) is 5.69 Å². The number of nitrogens with one attached hydrogen (secondary N) is 2. The van der Waals surface area contributed by atoms with Crippen LogP contribution in [-0.2, 0) is 20.6 Å². The number of hydroxylamine groups is 1. The zero-order valence-corrected chi connectivity index (χ0v) is 16.3. The molecule has 6 nitrogen and oxygen atoms in total. The van der Waals surface area contributed by atoms with E-state index in [0.29, 0.717) is 22.4 Å². The minimum absolute atomic E-state index is 0.146. The van der Waals surface area contributed by atoms with Crippen molar-refractivity contribution in [1.29, 1.82) is 0 Å². The molecule has 0 aliphatic carbocycles. The molecule has 3 rings (SSSR count). The van der Waals surface area contributed by atoms with Crippen LogP contribution in [0.1, 0.15) is 16.7 Å². The molecule has 0 spiro atoms. The van der Waals surface area contributed by atoms with Crippen LogP contribution in [0, 0.1) is 0 Å². The minimum atomic E-state index is -3.61. The normalized spacial score (nSPS) is 11.7. The van der Waals surface area contributed by atoms with Gasteiger partial charge in [0, 0.05) is 11.8 Å². The Morgan fingerprint density at radius 3 is 2.14 bits per heavy atom. The van der Waals surface area contributed by atoms with Gasteiger partial charge in [0.1, 0.15) is 0 Å². The van der Waals surface area contributed by atoms with Gasteiger partial charge in [0.2, 0.25) is 10.0 Å². The Hall–Kier alpha value is -3.42. The summed E-state index contributed by atoms with van der Waals surface area (Å²) in [6.45, 7) is 0. The van der Waals surface area contributed by atoms with Crippen LogP contribution in [0.5, 0.6) is 0 Å². The van der Waals surface area contributed by atoms with Crippen LogP contribution in [0.25, 0.3) is 5.57 Å². The van der Waals surface area contributed by atoms with Gasteiger partial charge in [-0.2, -0.15) is 0 Å². The van der Waals surface area contributed by atoms with Crippen molar-refractivity contribution in [1.82, 2.24) is 5.48 Å². The number of sulfonamides is 1. The van der Waals surface area contributed by atoms with E-state index in [9.17, 15) is 13.2 Å². The third-order valence-electron chi connectivity index (χ3n) is 4.12. The first kappa shape index (κ1) is 20.3. The van der Waals surface area contributed by atoms with Gasteiger partial charge in [-0.1, -0.05) is 72.8 Å². The summed E-state index contributed by atoms with van der Waals surface area (Å²) in [7, 11) is -3.61. The van der Waals surface area contributed by atoms with Crippen LogP contribution >= 0.6 is 0 Å². The molecule has 29 heavy (non-hydrogen) atoms. The van der Waals surface area contributed by atoms with Gasteiger partial charge >= 0.3 is 0 Å². The van der Waals surface area contributed by atoms with Gasteiger partial charge in [0.25, 0.3) is 5.91 Å². The fraction of sp³-hybridized carbons (Fsp3) is 0.0455. The smallest absolute Gasteiger partial charge is 0.267 e. The Kier molecular flexibility index (Phi) is 6.43. The highest BCUT2D eigenvalue weighted by Gasteiger charge is 2.13. The van der Waals surface area contributed by atoms with Gasteiger partial charge in [-0.3, -0.25) is 14.7 Å². The Morgan fingerprint density at radius 2 is 1.48 bits per heavy atom. The molecule has 1 amide bonds. The molecule has 0 heterocycles. The largest absolute Gasteiger partial charge is 0.288 e. The van der Waals surface area contributed by atoms with Crippen molar-refractivity contribution in [3.8, 4) is 0 Å². The Bertz CT molecular complexity index is 1110. The van der Waals surface area contributed by atoms with Crippen LogP contribution < -0.4 is 10.2 Å². The van der Waals surface area contributed by atoms with Gasteiger partial charge in [0.15, 0.2) is 0 Å². The molecular formula is C22H20N2O4S. The zero-order chi connectivity index (χ0) is 20.7. The second kappa shape index (κ2) is 9.18. The lowest BCUT2D eigenvalue weighted by molar-refractivity contribution is -0.124. The molecule has 0 bridgehead atoms. The number of carbonyl (C=O) groups is 1. The van der Waals surface area contributed by atoms with Crippen molar-refractivity contribution in [3.05, 3.63) is 108 Å². The zero-order valence-electron chi connectivity index (χ0n) is 15.4. The fourth-order valence-electron chi connectivity index (χ4n) is 2.87. The highest BCUT2D eigenvalue weighted by atomic mass is 32.2. The van der Waals surface area contributed by atoms with Crippen molar-refractivity contribution in [2.45, 2.75) is 5.75 Å². The molecule has 0 radical (unpaired) electrons. The molecule has 0 fully saturated rings. The molecule has 0 unspecified atom stereocenters. The molecule has 148 valence electrons. The molecule has 3 aromatic carbocycles. The third-order valence-corrected chi connectivity index (χ3v) is 5.38. The second-order valence-corrected chi connectivity index (χ2v) is 8.05. The third kappa shape index (κ3) is 5.78. The number of carbonyl (C=O) groups excluding carboxylic acids is 1. The summed E-state index contributed by atoms with van der Waals surface area (Å²) in [4.78, 5) is 11.7. The fourth-order valence-corrected chi connectivity index (χ4v) is 4.06. The lowest BCUT2D eigenvalue weighted by atomic mass is 9.97. The number of rotatable bonds is 7. The lowest BCUT2D eigenvalue weighted by Gasteiger charge is -2.12. The summed E-state index contributed by atoms with van der Waals surface area (Å²) in [5.41, 5.74) is 4.57. The Morgan fingerprint density at radius 1 is 0.862 bits per heavy atom. The minimum Gasteiger partial charge on any atom is -0.288 e. The van der Waals surface area contributed by atoms with Crippen molar-refractivity contribution >= 4 is 27.2 Å². The van der Waals surface area contributed by atoms with E-state index in [0.717, 1.165) is 5.56 Å². The number of hydrogen-bond acceptors (Lipinski definition) is 4. The first-order chi connectivity index (χ1) is 14.0. The van der Waals surface area contributed by atoms with E-state index >= 15 is 0 Å². The van der Waals surface area contributed by atoms with Crippen LogP contribution in [0.15, 0.2) is 91.0 Å². The molecule has 0 saturated heterocycles. The molecule has 7 heteroatoms. The van der Waals surface area contributed by atoms with E-state index in [1.807, 2.05) is 36.4 Å². The van der Waals surface area contributed by atoms with Crippen LogP contribution in [0.3, 0.4) is 0 Å². The number of benzene rings is 3. The number of amides is 1. The Labute approximate surface area is 169 Å². The first-order valence-corrected chi connectivity index (χ1v) is 10.5. The molecule has 0 saturated carbocycles. The van der Waals surface area contributed by atoms with Gasteiger partial charge < -0.3 is 0 Å². The predicted octanol–water partition coefficient (Wildman–Crippen LogP) is 3.57. The molecular weight excluding hydrogens is 388 g/mol. The molecule has 0 atom stereocenters. The maximum atomic E-state index is 12.5. The number of hydrogen-bond donors (Lipinski definition) is 3. The molecule has 0 aliphatic rings. The van der Waals surface area contributed by atoms with Crippen molar-refractivity contribution < 1.29 is 18.4 Å². The topological polar surface area (TPSA) is 95.5 Å². The van der Waals surface area contributed by atoms with E-state index in [4.69, 9.17) is 5.21 Å². The van der Waals surface area contributed by atoms with E-state index in [1.54, 1.807) is 54.0 Å². The number of anilines is 1. The molecule has 3 N–H and O–H groups in total. The van der Waals surface area contributed by atoms with Crippen molar-refractivity contribution in [3.63, 3.8) is 0 Å². The summed E-state index contributed by atoms with van der Waals surface area (Å²) < 4.78 is 27.6. The molecule has 0 aromatic heterocycles. The van der Waals surface area contributed by atoms with E-state index in [2.05, 4.69) is 4.72 Å². The molecule has 3 aromatic rings. The summed E-state index contributed by atoms with van der Waals surface area (Å²) in [6.07, 6.45) is 1.26. The predicted molar refractivity (Wildman–Crippen MR) is 113 cm³/mol. The van der Waals surface area contributed by atoms with Crippen LogP contribution in [-0.4, -0.2) is 19.5 Å². The van der Waals surface area contributed by atoms with E-state index in [1.165, 1.54) is 6.08 Å². The summed E-state index contributed by atoms with van der Waals surface area (Å²) in [5.74, 6) is -0.828. The maximum Gasteiger partial charge on any atom is 0.267 e. The maximum absolute atomic E-state index is 12.5. The van der Waals surface area contributed by atoms with Crippen molar-refractivity contribution in [2.75, 3.05) is 4.72 Å². The summed E-state index contributed by atoms with van der Waals surface area (Å²) >= 11 is 0. The lowest BCUT2D eigenvalue weighted by Crippen LogP contribution is -2.16. The van der Waals surface area contributed by atoms with Crippen LogP contribution in [0.2, 0.25) is 0 Å². The highest BCUT2D eigenvalue weighted by Crippen LogP contribution is 2.26. The van der Waals surface area contributed by atoms with Crippen molar-refractivity contribution in [2.24, 2.45) is 0 Å². The van der Waals surface area contributed by atoms with E-state index in [-0.39, 0.29) is 5.75 Å². The average molecular weight is 408 g/mol. The van der Waals surface area contributed by atoms with Gasteiger partial charge in [-0.25, -0.2) is 13.9 Å². The standard InChI is InChI=1S/C22H20N2O4S/c25-22(23-26)15-21(18-10-5-2-6-11-18)19-12-7-13-20(14-19)24-29(27,28)16-17-8-3-1-4-9-17/h1-15,24,26H,16H2,(H,23,25). The van der Waals surface area contributed by atoms with Gasteiger partial charge in [-0.05, 0) is 34.4 Å². The quantitative estimate of drug-likeness (QED) is 0.316. The SMILES string of the molecule is O=C(C=C(c1ccccc1)c1cccc(NS(=O)(=O)Cc2ccccc2)c1)NO. The molecule has 0 aliphatic heterocycles. The second-order valence-electron chi connectivity index (χ2n) is 6.33. The highest BCUT2D eigenvalue weighted by molar-refractivity contribution is 7.91. The monoisotopic (exact) mass is 408 g/mol. The average Bonchev–Trinajstić information content (AvgIpc) is 2.72. The summed E-state index contributed by atoms with van der Waals surface area (Å²) in [6, 6.07) is 24.8. The first-order valence-electron chi connectivity index (χ1n) is 8.83.